The molecule has 1 fully saturated rings. The van der Waals surface area contributed by atoms with Crippen molar-refractivity contribution in [1.29, 1.82) is 0 Å². The van der Waals surface area contributed by atoms with Gasteiger partial charge in [0.05, 0.1) is 0 Å². The molecule has 1 aromatic rings. The Labute approximate surface area is 95.1 Å². The Kier molecular flexibility index (Phi) is 3.72. The fraction of sp³-hybridized carbons (Fsp3) is 0.545. The van der Waals surface area contributed by atoms with Crippen molar-refractivity contribution >= 4 is 23.4 Å². The van der Waals surface area contributed by atoms with Gasteiger partial charge in [-0.25, -0.2) is 4.98 Å². The average molecular weight is 223 g/mol. The second-order valence-electron chi connectivity index (χ2n) is 3.77. The molecule has 0 saturated carbocycles. The first-order valence-corrected chi connectivity index (χ1v) is 6.50. The third kappa shape index (κ3) is 3.02. The molecule has 1 atom stereocenters. The first-order valence-electron chi connectivity index (χ1n) is 5.35. The monoisotopic (exact) mass is 223 g/mol. The third-order valence-corrected chi connectivity index (χ3v) is 3.83. The molecular weight excluding hydrogens is 206 g/mol. The maximum atomic E-state index is 4.42. The normalized spacial score (nSPS) is 20.2. The molecule has 0 amide bonds. The highest BCUT2D eigenvalue weighted by Crippen LogP contribution is 2.23. The SMILES string of the molecule is CNc1cccc(NCC2CCSC2)n1. The van der Waals surface area contributed by atoms with Gasteiger partial charge in [0.15, 0.2) is 0 Å². The van der Waals surface area contributed by atoms with Gasteiger partial charge in [0.1, 0.15) is 11.6 Å². The predicted octanol–water partition coefficient (Wildman–Crippen LogP) is 2.29. The van der Waals surface area contributed by atoms with Gasteiger partial charge in [-0.15, -0.1) is 0 Å². The summed E-state index contributed by atoms with van der Waals surface area (Å²) in [7, 11) is 1.89. The summed E-state index contributed by atoms with van der Waals surface area (Å²) in [6.07, 6.45) is 1.34. The van der Waals surface area contributed by atoms with Crippen molar-refractivity contribution in [3.8, 4) is 0 Å². The van der Waals surface area contributed by atoms with Crippen LogP contribution in [-0.4, -0.2) is 30.1 Å². The molecule has 4 heteroatoms. The van der Waals surface area contributed by atoms with Gasteiger partial charge in [-0.3, -0.25) is 0 Å². The largest absolute Gasteiger partial charge is 0.373 e. The zero-order valence-corrected chi connectivity index (χ0v) is 9.81. The molecule has 1 unspecified atom stereocenters. The van der Waals surface area contributed by atoms with Crippen LogP contribution >= 0.6 is 11.8 Å². The second kappa shape index (κ2) is 5.26. The van der Waals surface area contributed by atoms with Crippen LogP contribution in [0, 0.1) is 5.92 Å². The Balaban J connectivity index is 1.86. The lowest BCUT2D eigenvalue weighted by Gasteiger charge is -2.11. The number of anilines is 2. The van der Waals surface area contributed by atoms with Crippen molar-refractivity contribution < 1.29 is 0 Å². The van der Waals surface area contributed by atoms with E-state index in [0.717, 1.165) is 24.1 Å². The van der Waals surface area contributed by atoms with Gasteiger partial charge in [0.2, 0.25) is 0 Å². The molecule has 15 heavy (non-hydrogen) atoms. The zero-order valence-electron chi connectivity index (χ0n) is 8.99. The molecule has 1 aliphatic rings. The highest BCUT2D eigenvalue weighted by atomic mass is 32.2. The number of aromatic nitrogens is 1. The molecule has 2 heterocycles. The highest BCUT2D eigenvalue weighted by molar-refractivity contribution is 7.99. The molecule has 82 valence electrons. The first kappa shape index (κ1) is 10.6. The molecule has 2 rings (SSSR count). The Morgan fingerprint density at radius 2 is 2.33 bits per heavy atom. The maximum Gasteiger partial charge on any atom is 0.128 e. The molecule has 0 bridgehead atoms. The van der Waals surface area contributed by atoms with Crippen LogP contribution in [0.3, 0.4) is 0 Å². The van der Waals surface area contributed by atoms with Gasteiger partial charge in [-0.05, 0) is 36.0 Å². The second-order valence-corrected chi connectivity index (χ2v) is 4.92. The van der Waals surface area contributed by atoms with E-state index in [0.29, 0.717) is 0 Å². The van der Waals surface area contributed by atoms with Crippen molar-refractivity contribution in [3.05, 3.63) is 18.2 Å². The Morgan fingerprint density at radius 3 is 3.07 bits per heavy atom. The Hall–Kier alpha value is -0.900. The molecular formula is C11H17N3S. The summed E-state index contributed by atoms with van der Waals surface area (Å²) in [6, 6.07) is 6.00. The van der Waals surface area contributed by atoms with Crippen LogP contribution in [0.4, 0.5) is 11.6 Å². The smallest absolute Gasteiger partial charge is 0.128 e. The van der Waals surface area contributed by atoms with Crippen LogP contribution in [0.2, 0.25) is 0 Å². The van der Waals surface area contributed by atoms with E-state index in [9.17, 15) is 0 Å². The molecule has 0 radical (unpaired) electrons. The fourth-order valence-electron chi connectivity index (χ4n) is 1.67. The summed E-state index contributed by atoms with van der Waals surface area (Å²) in [4.78, 5) is 4.42. The van der Waals surface area contributed by atoms with Gasteiger partial charge < -0.3 is 10.6 Å². The number of hydrogen-bond donors (Lipinski definition) is 2. The lowest BCUT2D eigenvalue weighted by molar-refractivity contribution is 0.630. The summed E-state index contributed by atoms with van der Waals surface area (Å²) < 4.78 is 0. The lowest BCUT2D eigenvalue weighted by Crippen LogP contribution is -2.14. The van der Waals surface area contributed by atoms with Crippen molar-refractivity contribution in [2.45, 2.75) is 6.42 Å². The number of rotatable bonds is 4. The van der Waals surface area contributed by atoms with E-state index in [1.165, 1.54) is 17.9 Å². The van der Waals surface area contributed by atoms with Crippen molar-refractivity contribution in [1.82, 2.24) is 4.98 Å². The van der Waals surface area contributed by atoms with Crippen molar-refractivity contribution in [2.24, 2.45) is 5.92 Å². The molecule has 1 saturated heterocycles. The van der Waals surface area contributed by atoms with Crippen molar-refractivity contribution in [3.63, 3.8) is 0 Å². The van der Waals surface area contributed by atoms with E-state index in [1.54, 1.807) is 0 Å². The van der Waals surface area contributed by atoms with Gasteiger partial charge in [-0.1, -0.05) is 6.07 Å². The van der Waals surface area contributed by atoms with Crippen LogP contribution in [0.1, 0.15) is 6.42 Å². The van der Waals surface area contributed by atoms with Crippen LogP contribution in [0.5, 0.6) is 0 Å². The quantitative estimate of drug-likeness (QED) is 0.821. The zero-order chi connectivity index (χ0) is 10.5. The molecule has 0 aromatic carbocycles. The third-order valence-electron chi connectivity index (χ3n) is 2.60. The number of hydrogen-bond acceptors (Lipinski definition) is 4. The van der Waals surface area contributed by atoms with E-state index in [4.69, 9.17) is 0 Å². The van der Waals surface area contributed by atoms with Crippen LogP contribution < -0.4 is 10.6 Å². The van der Waals surface area contributed by atoms with Crippen LogP contribution in [0.15, 0.2) is 18.2 Å². The fourth-order valence-corrected chi connectivity index (χ4v) is 2.95. The van der Waals surface area contributed by atoms with E-state index in [-0.39, 0.29) is 0 Å². The summed E-state index contributed by atoms with van der Waals surface area (Å²) in [5, 5.41) is 6.44. The molecule has 1 aromatic heterocycles. The highest BCUT2D eigenvalue weighted by Gasteiger charge is 2.14. The molecule has 0 aliphatic carbocycles. The summed E-state index contributed by atoms with van der Waals surface area (Å²) >= 11 is 2.05. The molecule has 2 N–H and O–H groups in total. The summed E-state index contributed by atoms with van der Waals surface area (Å²) in [6.45, 7) is 1.05. The minimum Gasteiger partial charge on any atom is -0.373 e. The van der Waals surface area contributed by atoms with E-state index < -0.39 is 0 Å². The first-order chi connectivity index (χ1) is 7.38. The van der Waals surface area contributed by atoms with Gasteiger partial charge in [0, 0.05) is 13.6 Å². The minimum atomic E-state index is 0.815. The van der Waals surface area contributed by atoms with Crippen LogP contribution in [0.25, 0.3) is 0 Å². The Morgan fingerprint density at radius 1 is 1.47 bits per heavy atom. The van der Waals surface area contributed by atoms with Gasteiger partial charge in [0.25, 0.3) is 0 Å². The summed E-state index contributed by atoms with van der Waals surface area (Å²) in [5.41, 5.74) is 0. The Bertz CT molecular complexity index is 310. The van der Waals surface area contributed by atoms with Gasteiger partial charge >= 0.3 is 0 Å². The lowest BCUT2D eigenvalue weighted by atomic mass is 10.1. The number of nitrogens with zero attached hydrogens (tertiary/aromatic N) is 1. The molecule has 0 spiro atoms. The molecule has 1 aliphatic heterocycles. The average Bonchev–Trinajstić information content (AvgIpc) is 2.79. The topological polar surface area (TPSA) is 37.0 Å². The van der Waals surface area contributed by atoms with Gasteiger partial charge in [-0.2, -0.15) is 11.8 Å². The number of nitrogens with one attached hydrogen (secondary N) is 2. The van der Waals surface area contributed by atoms with Crippen molar-refractivity contribution in [2.75, 3.05) is 35.7 Å². The predicted molar refractivity (Wildman–Crippen MR) is 67.7 cm³/mol. The minimum absolute atomic E-state index is 0.815. The number of thioether (sulfide) groups is 1. The van der Waals surface area contributed by atoms with Crippen LogP contribution in [-0.2, 0) is 0 Å². The maximum absolute atomic E-state index is 4.42. The van der Waals surface area contributed by atoms with E-state index in [1.807, 2.05) is 25.2 Å². The van der Waals surface area contributed by atoms with E-state index >= 15 is 0 Å². The van der Waals surface area contributed by atoms with E-state index in [2.05, 4.69) is 27.4 Å². The standard InChI is InChI=1S/C11H17N3S/c1-12-10-3-2-4-11(14-10)13-7-9-5-6-15-8-9/h2-4,9H,5-8H2,1H3,(H2,12,13,14). The number of pyridine rings is 1. The summed E-state index contributed by atoms with van der Waals surface area (Å²) in [5.74, 6) is 5.31. The molecule has 3 nitrogen and oxygen atoms in total.